The normalized spacial score (nSPS) is 20.0. The van der Waals surface area contributed by atoms with E-state index >= 15 is 0 Å². The summed E-state index contributed by atoms with van der Waals surface area (Å²) in [6.45, 7) is 3.55. The Morgan fingerprint density at radius 2 is 1.92 bits per heavy atom. The van der Waals surface area contributed by atoms with Crippen LogP contribution in [0.2, 0.25) is 0 Å². The second-order valence-electron chi connectivity index (χ2n) is 7.87. The second kappa shape index (κ2) is 8.49. The maximum absolute atomic E-state index is 12.3. The molecule has 2 fully saturated rings. The Morgan fingerprint density at radius 1 is 1.15 bits per heavy atom. The first-order valence-corrected chi connectivity index (χ1v) is 10.9. The van der Waals surface area contributed by atoms with E-state index in [1.54, 1.807) is 11.3 Å². The van der Waals surface area contributed by atoms with Crippen LogP contribution in [-0.4, -0.2) is 41.5 Å². The minimum Gasteiger partial charge on any atom is -0.353 e. The Labute approximate surface area is 160 Å². The Balaban J connectivity index is 1.18. The molecule has 0 unspecified atom stereocenters. The summed E-state index contributed by atoms with van der Waals surface area (Å²) < 4.78 is 1.21. The fourth-order valence-electron chi connectivity index (χ4n) is 4.37. The molecular formula is C21H29N3OS. The Hall–Kier alpha value is -1.46. The van der Waals surface area contributed by atoms with Gasteiger partial charge in [0.2, 0.25) is 5.91 Å². The van der Waals surface area contributed by atoms with Crippen LogP contribution in [0.4, 0.5) is 0 Å². The molecule has 1 aromatic carbocycles. The molecule has 5 heteroatoms. The topological polar surface area (TPSA) is 45.2 Å². The zero-order chi connectivity index (χ0) is 17.8. The van der Waals surface area contributed by atoms with Crippen LogP contribution in [0.1, 0.15) is 50.0 Å². The SMILES string of the molecule is O=C(CCc1nc2ccccc2s1)NC1CCN(CC2CCCC2)CC1. The molecule has 140 valence electrons. The third-order valence-electron chi connectivity index (χ3n) is 5.85. The van der Waals surface area contributed by atoms with Crippen LogP contribution in [0.3, 0.4) is 0 Å². The summed E-state index contributed by atoms with van der Waals surface area (Å²) >= 11 is 1.70. The number of carbonyl (C=O) groups is 1. The van der Waals surface area contributed by atoms with Crippen molar-refractivity contribution in [2.45, 2.75) is 57.4 Å². The van der Waals surface area contributed by atoms with Gasteiger partial charge in [-0.25, -0.2) is 4.98 Å². The first-order valence-electron chi connectivity index (χ1n) is 10.1. The summed E-state index contributed by atoms with van der Waals surface area (Å²) in [5, 5.41) is 4.31. The Kier molecular flexibility index (Phi) is 5.85. The number of nitrogens with one attached hydrogen (secondary N) is 1. The smallest absolute Gasteiger partial charge is 0.220 e. The lowest BCUT2D eigenvalue weighted by molar-refractivity contribution is -0.122. The molecule has 1 aliphatic carbocycles. The van der Waals surface area contributed by atoms with Crippen molar-refractivity contribution in [3.05, 3.63) is 29.3 Å². The van der Waals surface area contributed by atoms with Gasteiger partial charge in [-0.1, -0.05) is 25.0 Å². The lowest BCUT2D eigenvalue weighted by Gasteiger charge is -2.33. The molecule has 2 aromatic rings. The fraction of sp³-hybridized carbons (Fsp3) is 0.619. The molecular weight excluding hydrogens is 342 g/mol. The standard InChI is InChI=1S/C21H29N3OS/c25-20(9-10-21-23-18-7-3-4-8-19(18)26-21)22-17-11-13-24(14-12-17)15-16-5-1-2-6-16/h3-4,7-8,16-17H,1-2,5-6,9-15H2,(H,22,25). The number of aromatic nitrogens is 1. The summed E-state index contributed by atoms with van der Waals surface area (Å²) in [5.74, 6) is 1.11. The van der Waals surface area contributed by atoms with Gasteiger partial charge in [0.1, 0.15) is 0 Å². The number of thiazole rings is 1. The number of amides is 1. The van der Waals surface area contributed by atoms with Gasteiger partial charge in [0.15, 0.2) is 0 Å². The molecule has 1 saturated carbocycles. The van der Waals surface area contributed by atoms with Crippen LogP contribution in [-0.2, 0) is 11.2 Å². The fourth-order valence-corrected chi connectivity index (χ4v) is 5.33. The zero-order valence-electron chi connectivity index (χ0n) is 15.5. The Morgan fingerprint density at radius 3 is 2.69 bits per heavy atom. The molecule has 4 nitrogen and oxygen atoms in total. The van der Waals surface area contributed by atoms with E-state index in [9.17, 15) is 4.79 Å². The number of fused-ring (bicyclic) bond motifs is 1. The number of rotatable bonds is 6. The average Bonchev–Trinajstić information content (AvgIpc) is 3.30. The number of carbonyl (C=O) groups excluding carboxylic acids is 1. The number of nitrogens with zero attached hydrogens (tertiary/aromatic N) is 2. The molecule has 0 radical (unpaired) electrons. The van der Waals surface area contributed by atoms with Crippen molar-refractivity contribution in [2.24, 2.45) is 5.92 Å². The third-order valence-corrected chi connectivity index (χ3v) is 6.94. The number of para-hydroxylation sites is 1. The molecule has 0 spiro atoms. The highest BCUT2D eigenvalue weighted by atomic mass is 32.1. The number of aryl methyl sites for hydroxylation is 1. The predicted octanol–water partition coefficient (Wildman–Crippen LogP) is 4.00. The lowest BCUT2D eigenvalue weighted by Crippen LogP contribution is -2.45. The van der Waals surface area contributed by atoms with Gasteiger partial charge < -0.3 is 10.2 Å². The van der Waals surface area contributed by atoms with Gasteiger partial charge in [-0.3, -0.25) is 4.79 Å². The van der Waals surface area contributed by atoms with Crippen molar-refractivity contribution < 1.29 is 4.79 Å². The van der Waals surface area contributed by atoms with Crippen LogP contribution < -0.4 is 5.32 Å². The van der Waals surface area contributed by atoms with Gasteiger partial charge in [0.05, 0.1) is 15.2 Å². The average molecular weight is 372 g/mol. The molecule has 1 N–H and O–H groups in total. The number of hydrogen-bond acceptors (Lipinski definition) is 4. The minimum atomic E-state index is 0.179. The summed E-state index contributed by atoms with van der Waals surface area (Å²) in [4.78, 5) is 19.5. The van der Waals surface area contributed by atoms with Crippen molar-refractivity contribution in [3.8, 4) is 0 Å². The van der Waals surface area contributed by atoms with E-state index < -0.39 is 0 Å². The van der Waals surface area contributed by atoms with E-state index in [1.165, 1.54) is 36.9 Å². The Bertz CT molecular complexity index is 697. The van der Waals surface area contributed by atoms with Gasteiger partial charge in [-0.2, -0.15) is 0 Å². The minimum absolute atomic E-state index is 0.179. The van der Waals surface area contributed by atoms with Gasteiger partial charge >= 0.3 is 0 Å². The number of likely N-dealkylation sites (tertiary alicyclic amines) is 1. The molecule has 1 amide bonds. The van der Waals surface area contributed by atoms with Crippen LogP contribution in [0.5, 0.6) is 0 Å². The number of benzene rings is 1. The van der Waals surface area contributed by atoms with Gasteiger partial charge in [-0.15, -0.1) is 11.3 Å². The molecule has 1 aromatic heterocycles. The first kappa shape index (κ1) is 17.9. The van der Waals surface area contributed by atoms with Gasteiger partial charge in [0.25, 0.3) is 0 Å². The molecule has 0 atom stereocenters. The van der Waals surface area contributed by atoms with E-state index in [0.717, 1.165) is 48.8 Å². The molecule has 4 rings (SSSR count). The van der Waals surface area contributed by atoms with E-state index in [1.807, 2.05) is 18.2 Å². The number of hydrogen-bond donors (Lipinski definition) is 1. The first-order chi connectivity index (χ1) is 12.8. The van der Waals surface area contributed by atoms with Gasteiger partial charge in [0, 0.05) is 38.5 Å². The van der Waals surface area contributed by atoms with E-state index in [0.29, 0.717) is 12.5 Å². The summed E-state index contributed by atoms with van der Waals surface area (Å²) in [7, 11) is 0. The van der Waals surface area contributed by atoms with Crippen LogP contribution >= 0.6 is 11.3 Å². The highest BCUT2D eigenvalue weighted by molar-refractivity contribution is 7.18. The van der Waals surface area contributed by atoms with Crippen molar-refractivity contribution in [1.29, 1.82) is 0 Å². The highest BCUT2D eigenvalue weighted by Gasteiger charge is 2.24. The lowest BCUT2D eigenvalue weighted by atomic mass is 10.0. The quantitative estimate of drug-likeness (QED) is 0.835. The summed E-state index contributed by atoms with van der Waals surface area (Å²) in [6, 6.07) is 8.54. The van der Waals surface area contributed by atoms with Crippen molar-refractivity contribution >= 4 is 27.5 Å². The zero-order valence-corrected chi connectivity index (χ0v) is 16.3. The highest BCUT2D eigenvalue weighted by Crippen LogP contribution is 2.26. The third kappa shape index (κ3) is 4.63. The van der Waals surface area contributed by atoms with Crippen LogP contribution in [0, 0.1) is 5.92 Å². The largest absolute Gasteiger partial charge is 0.353 e. The molecule has 0 bridgehead atoms. The predicted molar refractivity (Wildman–Crippen MR) is 108 cm³/mol. The monoisotopic (exact) mass is 371 g/mol. The van der Waals surface area contributed by atoms with Crippen molar-refractivity contribution in [3.63, 3.8) is 0 Å². The van der Waals surface area contributed by atoms with E-state index in [2.05, 4.69) is 21.3 Å². The summed E-state index contributed by atoms with van der Waals surface area (Å²) in [6.07, 6.45) is 9.16. The van der Waals surface area contributed by atoms with Crippen LogP contribution in [0.25, 0.3) is 10.2 Å². The van der Waals surface area contributed by atoms with Crippen molar-refractivity contribution in [1.82, 2.24) is 15.2 Å². The molecule has 2 heterocycles. The van der Waals surface area contributed by atoms with E-state index in [-0.39, 0.29) is 5.91 Å². The van der Waals surface area contributed by atoms with E-state index in [4.69, 9.17) is 0 Å². The molecule has 1 saturated heterocycles. The second-order valence-corrected chi connectivity index (χ2v) is 8.98. The van der Waals surface area contributed by atoms with Gasteiger partial charge in [-0.05, 0) is 43.7 Å². The maximum atomic E-state index is 12.3. The molecule has 26 heavy (non-hydrogen) atoms. The molecule has 1 aliphatic heterocycles. The maximum Gasteiger partial charge on any atom is 0.220 e. The van der Waals surface area contributed by atoms with Crippen molar-refractivity contribution in [2.75, 3.05) is 19.6 Å². The number of piperidine rings is 1. The molecule has 2 aliphatic rings. The van der Waals surface area contributed by atoms with Crippen LogP contribution in [0.15, 0.2) is 24.3 Å². The summed E-state index contributed by atoms with van der Waals surface area (Å²) in [5.41, 5.74) is 1.04.